The highest BCUT2D eigenvalue weighted by atomic mass is 16.1. The van der Waals surface area contributed by atoms with Crippen molar-refractivity contribution in [2.45, 2.75) is 58.5 Å². The molecule has 110 valence electrons. The van der Waals surface area contributed by atoms with E-state index in [1.807, 2.05) is 12.1 Å². The molecule has 0 saturated heterocycles. The number of nitrogens with one attached hydrogen (secondary N) is 2. The van der Waals surface area contributed by atoms with Gasteiger partial charge in [-0.05, 0) is 43.4 Å². The minimum atomic E-state index is -0.0261. The first-order chi connectivity index (χ1) is 9.65. The van der Waals surface area contributed by atoms with Gasteiger partial charge in [0.25, 0.3) is 0 Å². The second-order valence-electron chi connectivity index (χ2n) is 5.95. The average Bonchev–Trinajstić information content (AvgIpc) is 2.46. The lowest BCUT2D eigenvalue weighted by molar-refractivity contribution is -0.114. The topological polar surface area (TPSA) is 41.1 Å². The predicted octanol–water partition coefficient (Wildman–Crippen LogP) is 3.70. The summed E-state index contributed by atoms with van der Waals surface area (Å²) >= 11 is 0. The SMILES string of the molecule is CC(=O)Nc1ccc(CN[C@H](C)C2CCCCC2)cc1. The first kappa shape index (κ1) is 15.0. The molecule has 2 N–H and O–H groups in total. The van der Waals surface area contributed by atoms with Crippen LogP contribution in [0.4, 0.5) is 5.69 Å². The molecular weight excluding hydrogens is 248 g/mol. The summed E-state index contributed by atoms with van der Waals surface area (Å²) in [5.74, 6) is 0.809. The fourth-order valence-corrected chi connectivity index (χ4v) is 2.99. The third-order valence-corrected chi connectivity index (χ3v) is 4.26. The minimum Gasteiger partial charge on any atom is -0.326 e. The minimum absolute atomic E-state index is 0.0261. The van der Waals surface area contributed by atoms with Gasteiger partial charge in [-0.25, -0.2) is 0 Å². The number of anilines is 1. The van der Waals surface area contributed by atoms with Gasteiger partial charge in [0.1, 0.15) is 0 Å². The van der Waals surface area contributed by atoms with E-state index in [9.17, 15) is 4.79 Å². The Morgan fingerprint density at radius 2 is 1.85 bits per heavy atom. The van der Waals surface area contributed by atoms with Gasteiger partial charge >= 0.3 is 0 Å². The van der Waals surface area contributed by atoms with Gasteiger partial charge in [0.15, 0.2) is 0 Å². The van der Waals surface area contributed by atoms with Crippen molar-refractivity contribution in [2.75, 3.05) is 5.32 Å². The lowest BCUT2D eigenvalue weighted by atomic mass is 9.84. The largest absolute Gasteiger partial charge is 0.326 e. The number of carbonyl (C=O) groups is 1. The summed E-state index contributed by atoms with van der Waals surface area (Å²) in [4.78, 5) is 11.0. The molecule has 0 unspecified atom stereocenters. The van der Waals surface area contributed by atoms with E-state index in [0.29, 0.717) is 6.04 Å². The normalized spacial score (nSPS) is 17.7. The first-order valence-electron chi connectivity index (χ1n) is 7.75. The quantitative estimate of drug-likeness (QED) is 0.859. The van der Waals surface area contributed by atoms with Crippen LogP contribution in [0.2, 0.25) is 0 Å². The number of amides is 1. The lowest BCUT2D eigenvalue weighted by Crippen LogP contribution is -2.34. The second-order valence-corrected chi connectivity index (χ2v) is 5.95. The van der Waals surface area contributed by atoms with Gasteiger partial charge in [-0.15, -0.1) is 0 Å². The lowest BCUT2D eigenvalue weighted by Gasteiger charge is -2.28. The second kappa shape index (κ2) is 7.44. The Kier molecular flexibility index (Phi) is 5.60. The molecule has 1 saturated carbocycles. The molecule has 1 atom stereocenters. The summed E-state index contributed by atoms with van der Waals surface area (Å²) in [6.45, 7) is 4.74. The Morgan fingerprint density at radius 3 is 2.45 bits per heavy atom. The average molecular weight is 274 g/mol. The van der Waals surface area contributed by atoms with Gasteiger partial charge in [-0.1, -0.05) is 31.4 Å². The van der Waals surface area contributed by atoms with E-state index in [1.54, 1.807) is 0 Å². The van der Waals surface area contributed by atoms with Crippen LogP contribution in [0.25, 0.3) is 0 Å². The van der Waals surface area contributed by atoms with Crippen molar-refractivity contribution >= 4 is 11.6 Å². The van der Waals surface area contributed by atoms with Crippen molar-refractivity contribution in [3.8, 4) is 0 Å². The molecular formula is C17H26N2O. The number of benzene rings is 1. The molecule has 0 radical (unpaired) electrons. The number of carbonyl (C=O) groups excluding carboxylic acids is 1. The standard InChI is InChI=1S/C17H26N2O/c1-13(16-6-4-3-5-7-16)18-12-15-8-10-17(11-9-15)19-14(2)20/h8-11,13,16,18H,3-7,12H2,1-2H3,(H,19,20)/t13-/m1/s1. The Bertz CT molecular complexity index is 421. The molecule has 1 fully saturated rings. The Balaban J connectivity index is 1.79. The maximum Gasteiger partial charge on any atom is 0.221 e. The van der Waals surface area contributed by atoms with Crippen molar-refractivity contribution in [3.05, 3.63) is 29.8 Å². The zero-order valence-electron chi connectivity index (χ0n) is 12.6. The van der Waals surface area contributed by atoms with E-state index < -0.39 is 0 Å². The number of hydrogen-bond acceptors (Lipinski definition) is 2. The van der Waals surface area contributed by atoms with Crippen LogP contribution in [0.5, 0.6) is 0 Å². The Hall–Kier alpha value is -1.35. The molecule has 20 heavy (non-hydrogen) atoms. The number of hydrogen-bond donors (Lipinski definition) is 2. The number of rotatable bonds is 5. The van der Waals surface area contributed by atoms with Crippen LogP contribution in [-0.4, -0.2) is 11.9 Å². The zero-order chi connectivity index (χ0) is 14.4. The van der Waals surface area contributed by atoms with Crippen LogP contribution in [0.1, 0.15) is 51.5 Å². The third kappa shape index (κ3) is 4.64. The van der Waals surface area contributed by atoms with Gasteiger partial charge in [0.05, 0.1) is 0 Å². The van der Waals surface area contributed by atoms with Crippen LogP contribution >= 0.6 is 0 Å². The molecule has 1 aliphatic rings. The maximum absolute atomic E-state index is 11.0. The van der Waals surface area contributed by atoms with Crippen molar-refractivity contribution in [3.63, 3.8) is 0 Å². The van der Waals surface area contributed by atoms with E-state index in [1.165, 1.54) is 44.6 Å². The van der Waals surface area contributed by atoms with Crippen molar-refractivity contribution < 1.29 is 4.79 Å². The van der Waals surface area contributed by atoms with Gasteiger partial charge in [0.2, 0.25) is 5.91 Å². The van der Waals surface area contributed by atoms with Crippen LogP contribution in [0.3, 0.4) is 0 Å². The van der Waals surface area contributed by atoms with Crippen molar-refractivity contribution in [1.82, 2.24) is 5.32 Å². The monoisotopic (exact) mass is 274 g/mol. The molecule has 1 aromatic carbocycles. The molecule has 0 bridgehead atoms. The van der Waals surface area contributed by atoms with Crippen molar-refractivity contribution in [2.24, 2.45) is 5.92 Å². The summed E-state index contributed by atoms with van der Waals surface area (Å²) in [5.41, 5.74) is 2.13. The molecule has 3 nitrogen and oxygen atoms in total. The molecule has 1 amide bonds. The molecule has 0 heterocycles. The molecule has 0 aromatic heterocycles. The van der Waals surface area contributed by atoms with Gasteiger partial charge in [-0.3, -0.25) is 4.79 Å². The molecule has 0 aliphatic heterocycles. The van der Waals surface area contributed by atoms with E-state index in [-0.39, 0.29) is 5.91 Å². The first-order valence-corrected chi connectivity index (χ1v) is 7.75. The molecule has 3 heteroatoms. The van der Waals surface area contributed by atoms with Crippen LogP contribution in [0, 0.1) is 5.92 Å². The summed E-state index contributed by atoms with van der Waals surface area (Å²) in [7, 11) is 0. The molecule has 2 rings (SSSR count). The zero-order valence-corrected chi connectivity index (χ0v) is 12.6. The van der Waals surface area contributed by atoms with Crippen LogP contribution in [-0.2, 0) is 11.3 Å². The van der Waals surface area contributed by atoms with Gasteiger partial charge in [-0.2, -0.15) is 0 Å². The van der Waals surface area contributed by atoms with Gasteiger partial charge < -0.3 is 10.6 Å². The van der Waals surface area contributed by atoms with E-state index in [4.69, 9.17) is 0 Å². The van der Waals surface area contributed by atoms with E-state index >= 15 is 0 Å². The summed E-state index contributed by atoms with van der Waals surface area (Å²) < 4.78 is 0. The predicted molar refractivity (Wildman–Crippen MR) is 83.6 cm³/mol. The van der Waals surface area contributed by atoms with E-state index in [2.05, 4.69) is 29.7 Å². The smallest absolute Gasteiger partial charge is 0.221 e. The molecule has 1 aliphatic carbocycles. The fourth-order valence-electron chi connectivity index (χ4n) is 2.99. The van der Waals surface area contributed by atoms with Crippen LogP contribution in [0.15, 0.2) is 24.3 Å². The highest BCUT2D eigenvalue weighted by Gasteiger charge is 2.19. The highest BCUT2D eigenvalue weighted by Crippen LogP contribution is 2.26. The van der Waals surface area contributed by atoms with Gasteiger partial charge in [0, 0.05) is 25.2 Å². The van der Waals surface area contributed by atoms with Crippen LogP contribution < -0.4 is 10.6 Å². The maximum atomic E-state index is 11.0. The highest BCUT2D eigenvalue weighted by molar-refractivity contribution is 5.88. The summed E-state index contributed by atoms with van der Waals surface area (Å²) in [5, 5.41) is 6.43. The third-order valence-electron chi connectivity index (χ3n) is 4.26. The van der Waals surface area contributed by atoms with E-state index in [0.717, 1.165) is 18.2 Å². The summed E-state index contributed by atoms with van der Waals surface area (Å²) in [6, 6.07) is 8.66. The Morgan fingerprint density at radius 1 is 1.20 bits per heavy atom. The van der Waals surface area contributed by atoms with Crippen molar-refractivity contribution in [1.29, 1.82) is 0 Å². The Labute approximate surface area is 122 Å². The molecule has 0 spiro atoms. The summed E-state index contributed by atoms with van der Waals surface area (Å²) in [6.07, 6.45) is 6.93. The fraction of sp³-hybridized carbons (Fsp3) is 0.588. The molecule has 1 aromatic rings.